The second-order valence-corrected chi connectivity index (χ2v) is 5.38. The Morgan fingerprint density at radius 2 is 1.76 bits per heavy atom. The number of phenols is 1. The zero-order valence-electron chi connectivity index (χ0n) is 13.1. The van der Waals surface area contributed by atoms with Crippen LogP contribution in [0.5, 0.6) is 5.75 Å². The van der Waals surface area contributed by atoms with Crippen molar-refractivity contribution >= 4 is 28.6 Å². The van der Waals surface area contributed by atoms with Crippen LogP contribution in [0.3, 0.4) is 0 Å². The summed E-state index contributed by atoms with van der Waals surface area (Å²) < 4.78 is 0. The van der Waals surface area contributed by atoms with Gasteiger partial charge in [0.1, 0.15) is 5.75 Å². The van der Waals surface area contributed by atoms with Crippen molar-refractivity contribution < 1.29 is 5.11 Å². The Labute approximate surface area is 143 Å². The maximum absolute atomic E-state index is 9.31. The van der Waals surface area contributed by atoms with E-state index in [9.17, 15) is 5.11 Å². The molecule has 4 aromatic rings. The van der Waals surface area contributed by atoms with Gasteiger partial charge in [-0.05, 0) is 51.7 Å². The third-order valence-electron chi connectivity index (χ3n) is 3.70. The molecule has 7 heteroatoms. The van der Waals surface area contributed by atoms with E-state index in [1.807, 2.05) is 42.5 Å². The summed E-state index contributed by atoms with van der Waals surface area (Å²) in [5.41, 5.74) is 1.72. The van der Waals surface area contributed by atoms with Crippen LogP contribution in [0.25, 0.3) is 10.8 Å². The summed E-state index contributed by atoms with van der Waals surface area (Å²) in [6.45, 7) is 0. The van der Waals surface area contributed by atoms with Gasteiger partial charge < -0.3 is 10.4 Å². The quantitative estimate of drug-likeness (QED) is 0.561. The van der Waals surface area contributed by atoms with Gasteiger partial charge in [0.2, 0.25) is 0 Å². The van der Waals surface area contributed by atoms with Gasteiger partial charge in [0.15, 0.2) is 0 Å². The maximum Gasteiger partial charge on any atom is 0.269 e. The summed E-state index contributed by atoms with van der Waals surface area (Å²) in [5, 5.41) is 30.5. The molecule has 0 saturated carbocycles. The highest BCUT2D eigenvalue weighted by Gasteiger charge is 2.07. The second kappa shape index (κ2) is 6.40. The monoisotopic (exact) mass is 330 g/mol. The first-order valence-electron chi connectivity index (χ1n) is 7.66. The van der Waals surface area contributed by atoms with Gasteiger partial charge >= 0.3 is 0 Å². The molecule has 3 aromatic carbocycles. The number of phenolic OH excluding ortho intramolecular Hbond substituents is 1. The number of fused-ring (bicyclic) bond motifs is 1. The van der Waals surface area contributed by atoms with Gasteiger partial charge in [0.05, 0.1) is 6.21 Å². The van der Waals surface area contributed by atoms with Crippen molar-refractivity contribution in [3.05, 3.63) is 72.3 Å². The summed E-state index contributed by atoms with van der Waals surface area (Å²) in [4.78, 5) is 1.31. The molecule has 0 bridgehead atoms. The predicted molar refractivity (Wildman–Crippen MR) is 96.1 cm³/mol. The number of hydrogen-bond acceptors (Lipinski definition) is 6. The van der Waals surface area contributed by atoms with Crippen molar-refractivity contribution in [2.45, 2.75) is 0 Å². The highest BCUT2D eigenvalue weighted by molar-refractivity contribution is 5.94. The maximum atomic E-state index is 9.31. The van der Waals surface area contributed by atoms with E-state index in [1.165, 1.54) is 4.79 Å². The van der Waals surface area contributed by atoms with E-state index in [-0.39, 0.29) is 5.75 Å². The van der Waals surface area contributed by atoms with Crippen LogP contribution in [0.4, 0.5) is 11.6 Å². The highest BCUT2D eigenvalue weighted by Crippen LogP contribution is 2.25. The van der Waals surface area contributed by atoms with Crippen LogP contribution in [-0.4, -0.2) is 31.6 Å². The van der Waals surface area contributed by atoms with Crippen molar-refractivity contribution in [3.8, 4) is 5.75 Å². The van der Waals surface area contributed by atoms with Crippen molar-refractivity contribution in [1.29, 1.82) is 0 Å². The lowest BCUT2D eigenvalue weighted by Gasteiger charge is -2.07. The number of tetrazole rings is 1. The minimum Gasteiger partial charge on any atom is -0.508 e. The molecule has 0 aliphatic rings. The Bertz CT molecular complexity index is 1030. The topological polar surface area (TPSA) is 88.2 Å². The average Bonchev–Trinajstić information content (AvgIpc) is 3.09. The first-order chi connectivity index (χ1) is 12.3. The van der Waals surface area contributed by atoms with Crippen LogP contribution < -0.4 is 5.32 Å². The number of rotatable bonds is 4. The molecule has 0 unspecified atom stereocenters. The van der Waals surface area contributed by atoms with Crippen molar-refractivity contribution in [1.82, 2.24) is 20.3 Å². The van der Waals surface area contributed by atoms with Crippen LogP contribution in [0.15, 0.2) is 71.8 Å². The fourth-order valence-electron chi connectivity index (χ4n) is 2.47. The molecule has 0 fully saturated rings. The van der Waals surface area contributed by atoms with Crippen LogP contribution in [0.1, 0.15) is 5.56 Å². The molecule has 0 aliphatic carbocycles. The van der Waals surface area contributed by atoms with E-state index >= 15 is 0 Å². The van der Waals surface area contributed by atoms with Crippen LogP contribution in [0.2, 0.25) is 0 Å². The van der Waals surface area contributed by atoms with Gasteiger partial charge in [-0.3, -0.25) is 0 Å². The smallest absolute Gasteiger partial charge is 0.269 e. The Morgan fingerprint density at radius 3 is 2.64 bits per heavy atom. The third-order valence-corrected chi connectivity index (χ3v) is 3.70. The fourth-order valence-corrected chi connectivity index (χ4v) is 2.47. The molecule has 2 N–H and O–H groups in total. The lowest BCUT2D eigenvalue weighted by molar-refractivity contribution is 0.475. The molecule has 0 spiro atoms. The minimum atomic E-state index is 0.206. The van der Waals surface area contributed by atoms with Gasteiger partial charge in [0.25, 0.3) is 5.95 Å². The Kier molecular flexibility index (Phi) is 3.80. The molecule has 1 aromatic heterocycles. The van der Waals surface area contributed by atoms with Crippen LogP contribution in [-0.2, 0) is 0 Å². The Morgan fingerprint density at radius 1 is 0.960 bits per heavy atom. The second-order valence-electron chi connectivity index (χ2n) is 5.38. The lowest BCUT2D eigenvalue weighted by Crippen LogP contribution is -2.01. The van der Waals surface area contributed by atoms with Gasteiger partial charge in [-0.15, -0.1) is 0 Å². The summed E-state index contributed by atoms with van der Waals surface area (Å²) in [6.07, 6.45) is 1.62. The molecule has 1 heterocycles. The van der Waals surface area contributed by atoms with E-state index in [0.717, 1.165) is 22.0 Å². The normalized spacial score (nSPS) is 11.2. The van der Waals surface area contributed by atoms with Gasteiger partial charge in [-0.1, -0.05) is 46.3 Å². The molecule has 7 nitrogen and oxygen atoms in total. The van der Waals surface area contributed by atoms with E-state index in [1.54, 1.807) is 30.5 Å². The van der Waals surface area contributed by atoms with Crippen LogP contribution in [0, 0.1) is 0 Å². The summed E-state index contributed by atoms with van der Waals surface area (Å²) in [7, 11) is 0. The van der Waals surface area contributed by atoms with Crippen LogP contribution >= 0.6 is 0 Å². The number of nitrogens with zero attached hydrogens (tertiary/aromatic N) is 5. The standard InChI is InChI=1S/C18H14N6O/c25-15-10-8-13(9-11-15)12-19-24-18(21-22-23-24)20-17-7-3-5-14-4-1-2-6-16(14)17/h1-12,25H,(H,20,21,23). The number of nitrogens with one attached hydrogen (secondary N) is 1. The van der Waals surface area contributed by atoms with Crippen molar-refractivity contribution in [2.75, 3.05) is 5.32 Å². The zero-order valence-corrected chi connectivity index (χ0v) is 13.1. The SMILES string of the molecule is Oc1ccc(C=Nn2nnnc2Nc2cccc3ccccc23)cc1. The third kappa shape index (κ3) is 3.16. The van der Waals surface area contributed by atoms with E-state index in [4.69, 9.17) is 0 Å². The molecule has 25 heavy (non-hydrogen) atoms. The van der Waals surface area contributed by atoms with Gasteiger partial charge in [-0.25, -0.2) is 0 Å². The number of aromatic hydroxyl groups is 1. The number of aromatic nitrogens is 4. The summed E-state index contributed by atoms with van der Waals surface area (Å²) in [6, 6.07) is 20.7. The van der Waals surface area contributed by atoms with Crippen molar-refractivity contribution in [3.63, 3.8) is 0 Å². The molecule has 0 radical (unpaired) electrons. The number of hydrogen-bond donors (Lipinski definition) is 2. The number of anilines is 2. The largest absolute Gasteiger partial charge is 0.508 e. The fraction of sp³-hybridized carbons (Fsp3) is 0. The summed E-state index contributed by atoms with van der Waals surface area (Å²) >= 11 is 0. The molecule has 0 saturated heterocycles. The predicted octanol–water partition coefficient (Wildman–Crippen LogP) is 3.16. The molecule has 0 amide bonds. The highest BCUT2D eigenvalue weighted by atomic mass is 16.3. The Balaban J connectivity index is 1.62. The molecule has 0 atom stereocenters. The average molecular weight is 330 g/mol. The zero-order chi connectivity index (χ0) is 17.1. The Hall–Kier alpha value is -3.74. The molecule has 0 aliphatic heterocycles. The van der Waals surface area contributed by atoms with Gasteiger partial charge in [-0.2, -0.15) is 5.10 Å². The molecule has 4 rings (SSSR count). The van der Waals surface area contributed by atoms with E-state index in [0.29, 0.717) is 5.95 Å². The molecule has 122 valence electrons. The number of benzene rings is 3. The summed E-state index contributed by atoms with van der Waals surface area (Å²) in [5.74, 6) is 0.615. The van der Waals surface area contributed by atoms with Crippen molar-refractivity contribution in [2.24, 2.45) is 5.10 Å². The minimum absolute atomic E-state index is 0.206. The van der Waals surface area contributed by atoms with E-state index in [2.05, 4.69) is 25.9 Å². The van der Waals surface area contributed by atoms with Gasteiger partial charge in [0, 0.05) is 11.1 Å². The van der Waals surface area contributed by atoms with E-state index < -0.39 is 0 Å². The first-order valence-corrected chi connectivity index (χ1v) is 7.66. The lowest BCUT2D eigenvalue weighted by atomic mass is 10.1. The molecular formula is C18H14N6O. The molecular weight excluding hydrogens is 316 g/mol. The first kappa shape index (κ1) is 14.8.